The number of nitrogens with one attached hydrogen (secondary N) is 2. The summed E-state index contributed by atoms with van der Waals surface area (Å²) in [5, 5.41) is 6.47. The van der Waals surface area contributed by atoms with Crippen LogP contribution in [-0.2, 0) is 17.7 Å². The summed E-state index contributed by atoms with van der Waals surface area (Å²) in [4.78, 5) is 39.1. The van der Waals surface area contributed by atoms with E-state index in [0.29, 0.717) is 58.4 Å². The van der Waals surface area contributed by atoms with Gasteiger partial charge in [0.25, 0.3) is 5.56 Å². The molecule has 4 rings (SSSR count). The van der Waals surface area contributed by atoms with Crippen LogP contribution in [0.3, 0.4) is 0 Å². The summed E-state index contributed by atoms with van der Waals surface area (Å²) in [7, 11) is 4.73. The molecule has 3 aromatic heterocycles. The van der Waals surface area contributed by atoms with E-state index < -0.39 is 11.7 Å². The maximum absolute atomic E-state index is 13.9. The molecule has 0 saturated carbocycles. The summed E-state index contributed by atoms with van der Waals surface area (Å²) < 4.78 is 17.7. The highest BCUT2D eigenvalue weighted by molar-refractivity contribution is 6.35. The number of fused-ring (bicyclic) bond motifs is 1. The van der Waals surface area contributed by atoms with Gasteiger partial charge in [-0.25, -0.2) is 14.8 Å². The van der Waals surface area contributed by atoms with E-state index in [2.05, 4.69) is 25.6 Å². The smallest absolute Gasteiger partial charge is 0.413 e. The lowest BCUT2D eigenvalue weighted by atomic mass is 10.0. The minimum Gasteiger partial charge on any atom is -0.497 e. The highest BCUT2D eigenvalue weighted by Crippen LogP contribution is 2.38. The van der Waals surface area contributed by atoms with E-state index in [9.17, 15) is 9.59 Å². The van der Waals surface area contributed by atoms with Crippen LogP contribution in [0, 0.1) is 0 Å². The number of hydrogen-bond donors (Lipinski definition) is 2. The fraction of sp³-hybridized carbons (Fsp3) is 0.321. The van der Waals surface area contributed by atoms with Crippen LogP contribution in [0.2, 0.25) is 5.02 Å². The van der Waals surface area contributed by atoms with Crippen molar-refractivity contribution in [3.05, 3.63) is 63.7 Å². The Morgan fingerprint density at radius 3 is 2.45 bits per heavy atom. The SMILES string of the molecule is CNc1ncc2cc(-c3cc(OC)cc(OC)c3Cl)c(=O)n(CCc3ccc(NC(=O)OC(C)(C)C)nc3)c2n1. The van der Waals surface area contributed by atoms with E-state index in [1.165, 1.54) is 14.2 Å². The third-order valence-electron chi connectivity index (χ3n) is 5.89. The van der Waals surface area contributed by atoms with Crippen LogP contribution >= 0.6 is 11.6 Å². The minimum atomic E-state index is -0.619. The molecule has 1 aromatic carbocycles. The second kappa shape index (κ2) is 11.8. The third kappa shape index (κ3) is 6.42. The highest BCUT2D eigenvalue weighted by Gasteiger charge is 2.20. The van der Waals surface area contributed by atoms with Crippen LogP contribution in [0.5, 0.6) is 11.5 Å². The predicted molar refractivity (Wildman–Crippen MR) is 155 cm³/mol. The Bertz CT molecular complexity index is 1600. The number of nitrogens with zero attached hydrogens (tertiary/aromatic N) is 4. The first-order chi connectivity index (χ1) is 19.0. The fourth-order valence-corrected chi connectivity index (χ4v) is 4.30. The van der Waals surface area contributed by atoms with Crippen molar-refractivity contribution in [2.45, 2.75) is 39.3 Å². The Morgan fingerprint density at radius 1 is 1.05 bits per heavy atom. The number of ether oxygens (including phenoxy) is 3. The number of anilines is 2. The van der Waals surface area contributed by atoms with Crippen molar-refractivity contribution in [1.82, 2.24) is 19.5 Å². The average Bonchev–Trinajstić information content (AvgIpc) is 2.92. The Hall–Kier alpha value is -4.38. The van der Waals surface area contributed by atoms with E-state index in [1.807, 2.05) is 6.07 Å². The molecule has 2 N–H and O–H groups in total. The molecule has 3 heterocycles. The lowest BCUT2D eigenvalue weighted by molar-refractivity contribution is 0.0635. The summed E-state index contributed by atoms with van der Waals surface area (Å²) in [5.74, 6) is 1.62. The van der Waals surface area contributed by atoms with Crippen LogP contribution in [0.25, 0.3) is 22.2 Å². The predicted octanol–water partition coefficient (Wildman–Crippen LogP) is 5.16. The fourth-order valence-electron chi connectivity index (χ4n) is 4.01. The molecular formula is C28H31ClN6O5. The van der Waals surface area contributed by atoms with Gasteiger partial charge < -0.3 is 19.5 Å². The summed E-state index contributed by atoms with van der Waals surface area (Å²) in [6.45, 7) is 5.65. The van der Waals surface area contributed by atoms with Crippen LogP contribution in [0.4, 0.5) is 16.6 Å². The zero-order chi connectivity index (χ0) is 29.0. The molecule has 0 unspecified atom stereocenters. The summed E-state index contributed by atoms with van der Waals surface area (Å²) in [6, 6.07) is 8.57. The van der Waals surface area contributed by atoms with Crippen molar-refractivity contribution >= 4 is 40.5 Å². The first kappa shape index (κ1) is 28.6. The Labute approximate surface area is 236 Å². The van der Waals surface area contributed by atoms with Gasteiger partial charge in [0.05, 0.1) is 19.2 Å². The lowest BCUT2D eigenvalue weighted by Gasteiger charge is -2.19. The molecule has 12 heteroatoms. The number of hydrogen-bond acceptors (Lipinski definition) is 9. The number of carbonyl (C=O) groups is 1. The molecule has 0 radical (unpaired) electrons. The van der Waals surface area contributed by atoms with Crippen LogP contribution in [0.15, 0.2) is 47.5 Å². The van der Waals surface area contributed by atoms with Gasteiger partial charge in [0, 0.05) is 48.6 Å². The molecule has 0 atom stereocenters. The Balaban J connectivity index is 1.70. The Kier molecular flexibility index (Phi) is 8.43. The maximum Gasteiger partial charge on any atom is 0.413 e. The average molecular weight is 567 g/mol. The number of methoxy groups -OCH3 is 2. The minimum absolute atomic E-state index is 0.288. The number of rotatable bonds is 8. The first-order valence-electron chi connectivity index (χ1n) is 12.5. The molecule has 0 aliphatic heterocycles. The number of benzene rings is 1. The molecule has 0 spiro atoms. The Morgan fingerprint density at radius 2 is 1.82 bits per heavy atom. The molecule has 40 heavy (non-hydrogen) atoms. The van der Waals surface area contributed by atoms with E-state index in [4.69, 9.17) is 25.8 Å². The molecule has 1 amide bonds. The quantitative estimate of drug-likeness (QED) is 0.297. The van der Waals surface area contributed by atoms with Gasteiger partial charge in [-0.05, 0) is 51.0 Å². The zero-order valence-electron chi connectivity index (χ0n) is 23.2. The molecule has 11 nitrogen and oxygen atoms in total. The van der Waals surface area contributed by atoms with Gasteiger partial charge in [0.1, 0.15) is 28.6 Å². The number of halogens is 1. The topological polar surface area (TPSA) is 129 Å². The second-order valence-corrected chi connectivity index (χ2v) is 10.2. The number of amides is 1. The largest absolute Gasteiger partial charge is 0.497 e. The van der Waals surface area contributed by atoms with Crippen LogP contribution in [-0.4, -0.2) is 52.5 Å². The standard InChI is InChI=1S/C28H31ClN6O5/c1-28(2,3)40-27(37)33-22-8-7-16(14-31-22)9-10-35-24-17(15-32-26(30-4)34-24)11-20(25(35)36)19-12-18(38-5)13-21(39-6)23(19)29/h7-8,11-15H,9-10H2,1-6H3,(H,30,32,34)(H,31,33,37). The monoisotopic (exact) mass is 566 g/mol. The molecule has 0 aliphatic rings. The van der Waals surface area contributed by atoms with Crippen molar-refractivity contribution in [1.29, 1.82) is 0 Å². The zero-order valence-corrected chi connectivity index (χ0v) is 23.9. The highest BCUT2D eigenvalue weighted by atomic mass is 35.5. The van der Waals surface area contributed by atoms with Gasteiger partial charge in [-0.2, -0.15) is 4.98 Å². The molecular weight excluding hydrogens is 536 g/mol. The number of aromatic nitrogens is 4. The van der Waals surface area contributed by atoms with E-state index in [0.717, 1.165) is 5.56 Å². The normalized spacial score (nSPS) is 11.3. The molecule has 0 bridgehead atoms. The number of carbonyl (C=O) groups excluding carboxylic acids is 1. The van der Waals surface area contributed by atoms with Crippen LogP contribution < -0.4 is 25.7 Å². The summed E-state index contributed by atoms with van der Waals surface area (Å²) in [5.41, 5.74) is 1.23. The number of pyridine rings is 2. The first-order valence-corrected chi connectivity index (χ1v) is 12.9. The van der Waals surface area contributed by atoms with Crippen molar-refractivity contribution in [3.63, 3.8) is 0 Å². The molecule has 0 fully saturated rings. The van der Waals surface area contributed by atoms with Crippen molar-refractivity contribution < 1.29 is 19.0 Å². The van der Waals surface area contributed by atoms with Crippen molar-refractivity contribution in [3.8, 4) is 22.6 Å². The molecule has 0 aliphatic carbocycles. The third-order valence-corrected chi connectivity index (χ3v) is 6.28. The molecule has 210 valence electrons. The lowest BCUT2D eigenvalue weighted by Crippen LogP contribution is -2.27. The second-order valence-electron chi connectivity index (χ2n) is 9.86. The van der Waals surface area contributed by atoms with Gasteiger partial charge in [0.2, 0.25) is 5.95 Å². The summed E-state index contributed by atoms with van der Waals surface area (Å²) >= 11 is 6.64. The van der Waals surface area contributed by atoms with E-state index in [1.54, 1.807) is 69.0 Å². The van der Waals surface area contributed by atoms with E-state index >= 15 is 0 Å². The molecule has 0 saturated heterocycles. The number of aryl methyl sites for hydroxylation is 2. The van der Waals surface area contributed by atoms with Gasteiger partial charge >= 0.3 is 6.09 Å². The maximum atomic E-state index is 13.9. The van der Waals surface area contributed by atoms with Gasteiger partial charge in [-0.15, -0.1) is 0 Å². The molecule has 4 aromatic rings. The van der Waals surface area contributed by atoms with E-state index in [-0.39, 0.29) is 10.6 Å². The van der Waals surface area contributed by atoms with Crippen molar-refractivity contribution in [2.24, 2.45) is 0 Å². The van der Waals surface area contributed by atoms with Gasteiger partial charge in [-0.3, -0.25) is 14.7 Å². The van der Waals surface area contributed by atoms with Gasteiger partial charge in [-0.1, -0.05) is 17.7 Å². The van der Waals surface area contributed by atoms with Crippen molar-refractivity contribution in [2.75, 3.05) is 31.9 Å². The van der Waals surface area contributed by atoms with Crippen LogP contribution in [0.1, 0.15) is 26.3 Å². The summed E-state index contributed by atoms with van der Waals surface area (Å²) in [6.07, 6.45) is 3.17. The van der Waals surface area contributed by atoms with Gasteiger partial charge in [0.15, 0.2) is 0 Å².